The molecule has 37 heavy (non-hydrogen) atoms. The lowest BCUT2D eigenvalue weighted by Gasteiger charge is -2.41. The number of halogens is 6. The molecule has 0 N–H and O–H groups in total. The van der Waals surface area contributed by atoms with Crippen molar-refractivity contribution in [2.45, 2.75) is 31.7 Å². The third-order valence-electron chi connectivity index (χ3n) is 6.39. The molecule has 0 radical (unpaired) electrons. The normalized spacial score (nSPS) is 17.3. The summed E-state index contributed by atoms with van der Waals surface area (Å²) in [6.45, 7) is 2.14. The SMILES string of the molecule is CC(=O)CN1CCN(C(=O)c2cc(C(F)(F)F)cc(C(F)(F)F)c2)C(Cc2ccc3ccccc3c2)C1. The van der Waals surface area contributed by atoms with Crippen LogP contribution in [0.5, 0.6) is 0 Å². The van der Waals surface area contributed by atoms with Gasteiger partial charge in [0.25, 0.3) is 5.91 Å². The van der Waals surface area contributed by atoms with Crippen molar-refractivity contribution in [1.29, 1.82) is 0 Å². The standard InChI is InChI=1S/C27H24F6N2O2/c1-17(36)15-34-8-9-35(24(16-34)11-18-6-7-19-4-2-3-5-20(19)10-18)25(37)21-12-22(26(28,29)30)14-23(13-21)27(31,32)33/h2-7,10,12-14,24H,8-9,11,15-16H2,1H3. The van der Waals surface area contributed by atoms with E-state index < -0.39 is 41.0 Å². The summed E-state index contributed by atoms with van der Waals surface area (Å²) in [5.41, 5.74) is -2.89. The monoisotopic (exact) mass is 522 g/mol. The van der Waals surface area contributed by atoms with Crippen LogP contribution in [0.15, 0.2) is 60.7 Å². The Bertz CT molecular complexity index is 1290. The van der Waals surface area contributed by atoms with Gasteiger partial charge in [-0.05, 0) is 47.9 Å². The summed E-state index contributed by atoms with van der Waals surface area (Å²) in [4.78, 5) is 28.3. The molecule has 1 saturated heterocycles. The van der Waals surface area contributed by atoms with Crippen LogP contribution in [0.2, 0.25) is 0 Å². The Hall–Kier alpha value is -3.40. The first-order chi connectivity index (χ1) is 17.3. The molecule has 1 heterocycles. The molecule has 196 valence electrons. The van der Waals surface area contributed by atoms with E-state index in [4.69, 9.17) is 0 Å². The number of amides is 1. The van der Waals surface area contributed by atoms with Crippen LogP contribution in [0, 0.1) is 0 Å². The second-order valence-electron chi connectivity index (χ2n) is 9.27. The Morgan fingerprint density at radius 3 is 2.05 bits per heavy atom. The predicted molar refractivity (Wildman–Crippen MR) is 126 cm³/mol. The largest absolute Gasteiger partial charge is 0.416 e. The van der Waals surface area contributed by atoms with Crippen LogP contribution in [0.4, 0.5) is 26.3 Å². The van der Waals surface area contributed by atoms with Crippen LogP contribution in [0.1, 0.15) is 34.0 Å². The highest BCUT2D eigenvalue weighted by molar-refractivity contribution is 5.95. The number of carbonyl (C=O) groups is 2. The lowest BCUT2D eigenvalue weighted by Crippen LogP contribution is -2.56. The number of Topliss-reactive ketones (excluding diaryl/α,β-unsaturated/α-hetero) is 1. The summed E-state index contributed by atoms with van der Waals surface area (Å²) >= 11 is 0. The third-order valence-corrected chi connectivity index (χ3v) is 6.39. The summed E-state index contributed by atoms with van der Waals surface area (Å²) < 4.78 is 80.3. The zero-order valence-electron chi connectivity index (χ0n) is 19.9. The number of hydrogen-bond donors (Lipinski definition) is 0. The van der Waals surface area contributed by atoms with E-state index in [0.29, 0.717) is 18.6 Å². The molecule has 0 aliphatic carbocycles. The minimum atomic E-state index is -5.05. The molecule has 4 nitrogen and oxygen atoms in total. The Kier molecular flexibility index (Phi) is 7.32. The summed E-state index contributed by atoms with van der Waals surface area (Å²) in [6, 6.07) is 13.7. The summed E-state index contributed by atoms with van der Waals surface area (Å²) in [7, 11) is 0. The van der Waals surface area contributed by atoms with Gasteiger partial charge in [-0.25, -0.2) is 0 Å². The summed E-state index contributed by atoms with van der Waals surface area (Å²) in [5, 5.41) is 1.96. The number of carbonyl (C=O) groups excluding carboxylic acids is 2. The van der Waals surface area contributed by atoms with E-state index >= 15 is 0 Å². The van der Waals surface area contributed by atoms with Gasteiger partial charge in [0.15, 0.2) is 0 Å². The van der Waals surface area contributed by atoms with Gasteiger partial charge in [0.2, 0.25) is 0 Å². The third kappa shape index (κ3) is 6.30. The lowest BCUT2D eigenvalue weighted by molar-refractivity contribution is -0.143. The zero-order chi connectivity index (χ0) is 27.0. The number of rotatable bonds is 5. The first-order valence-electron chi connectivity index (χ1n) is 11.6. The second kappa shape index (κ2) is 10.2. The van der Waals surface area contributed by atoms with Gasteiger partial charge in [0, 0.05) is 31.2 Å². The highest BCUT2D eigenvalue weighted by Gasteiger charge is 2.39. The lowest BCUT2D eigenvalue weighted by atomic mass is 9.97. The molecule has 0 saturated carbocycles. The number of benzene rings is 3. The van der Waals surface area contributed by atoms with Crippen molar-refractivity contribution in [3.8, 4) is 0 Å². The molecular formula is C27H24F6N2O2. The topological polar surface area (TPSA) is 40.6 Å². The van der Waals surface area contributed by atoms with E-state index in [1.807, 2.05) is 47.4 Å². The van der Waals surface area contributed by atoms with E-state index in [0.717, 1.165) is 16.3 Å². The van der Waals surface area contributed by atoms with Gasteiger partial charge in [0.1, 0.15) is 5.78 Å². The van der Waals surface area contributed by atoms with Crippen molar-refractivity contribution < 1.29 is 35.9 Å². The fourth-order valence-corrected chi connectivity index (χ4v) is 4.70. The fraction of sp³-hybridized carbons (Fsp3) is 0.333. The molecule has 0 aromatic heterocycles. The minimum absolute atomic E-state index is 0.00808. The van der Waals surface area contributed by atoms with Crippen LogP contribution in [0.3, 0.4) is 0 Å². The Labute approximate surface area is 209 Å². The van der Waals surface area contributed by atoms with E-state index in [1.165, 1.54) is 11.8 Å². The number of ketones is 1. The number of hydrogen-bond acceptors (Lipinski definition) is 3. The van der Waals surface area contributed by atoms with E-state index in [9.17, 15) is 35.9 Å². The maximum atomic E-state index is 13.4. The molecule has 1 atom stereocenters. The quantitative estimate of drug-likeness (QED) is 0.396. The molecule has 1 aliphatic heterocycles. The van der Waals surface area contributed by atoms with Gasteiger partial charge in [-0.15, -0.1) is 0 Å². The van der Waals surface area contributed by atoms with Crippen molar-refractivity contribution in [3.63, 3.8) is 0 Å². The predicted octanol–water partition coefficient (Wildman–Crippen LogP) is 5.84. The molecule has 3 aromatic carbocycles. The van der Waals surface area contributed by atoms with E-state index in [-0.39, 0.29) is 38.0 Å². The molecule has 1 aliphatic rings. The average molecular weight is 522 g/mol. The van der Waals surface area contributed by atoms with Crippen LogP contribution in [-0.4, -0.2) is 53.7 Å². The number of nitrogens with zero attached hydrogens (tertiary/aromatic N) is 2. The molecule has 1 fully saturated rings. The molecule has 1 unspecified atom stereocenters. The minimum Gasteiger partial charge on any atom is -0.333 e. The van der Waals surface area contributed by atoms with E-state index in [1.54, 1.807) is 0 Å². The molecule has 1 amide bonds. The molecule has 0 spiro atoms. The van der Waals surface area contributed by atoms with Crippen LogP contribution in [-0.2, 0) is 23.6 Å². The number of alkyl halides is 6. The Balaban J connectivity index is 1.69. The van der Waals surface area contributed by atoms with Gasteiger partial charge in [-0.2, -0.15) is 26.3 Å². The molecule has 3 aromatic rings. The number of piperazine rings is 1. The van der Waals surface area contributed by atoms with Crippen LogP contribution >= 0.6 is 0 Å². The van der Waals surface area contributed by atoms with Gasteiger partial charge in [-0.1, -0.05) is 42.5 Å². The van der Waals surface area contributed by atoms with Crippen molar-refractivity contribution in [2.24, 2.45) is 0 Å². The maximum Gasteiger partial charge on any atom is 0.416 e. The van der Waals surface area contributed by atoms with Crippen molar-refractivity contribution in [3.05, 3.63) is 82.9 Å². The second-order valence-corrected chi connectivity index (χ2v) is 9.27. The van der Waals surface area contributed by atoms with E-state index in [2.05, 4.69) is 0 Å². The summed E-state index contributed by atoms with van der Waals surface area (Å²) in [5.74, 6) is -0.998. The molecular weight excluding hydrogens is 498 g/mol. The highest BCUT2D eigenvalue weighted by atomic mass is 19.4. The van der Waals surface area contributed by atoms with Crippen molar-refractivity contribution >= 4 is 22.5 Å². The van der Waals surface area contributed by atoms with Crippen LogP contribution in [0.25, 0.3) is 10.8 Å². The smallest absolute Gasteiger partial charge is 0.333 e. The number of fused-ring (bicyclic) bond motifs is 1. The molecule has 0 bridgehead atoms. The summed E-state index contributed by atoms with van der Waals surface area (Å²) in [6.07, 6.45) is -9.79. The maximum absolute atomic E-state index is 13.4. The Morgan fingerprint density at radius 2 is 1.46 bits per heavy atom. The molecule has 10 heteroatoms. The van der Waals surface area contributed by atoms with Crippen molar-refractivity contribution in [1.82, 2.24) is 9.80 Å². The molecule has 4 rings (SSSR count). The average Bonchev–Trinajstić information content (AvgIpc) is 2.82. The fourth-order valence-electron chi connectivity index (χ4n) is 4.70. The first-order valence-corrected chi connectivity index (χ1v) is 11.6. The zero-order valence-corrected chi connectivity index (χ0v) is 19.9. The van der Waals surface area contributed by atoms with Gasteiger partial charge in [0.05, 0.1) is 17.7 Å². The van der Waals surface area contributed by atoms with Gasteiger partial charge in [-0.3, -0.25) is 14.5 Å². The van der Waals surface area contributed by atoms with Gasteiger partial charge < -0.3 is 4.90 Å². The Morgan fingerprint density at radius 1 is 0.838 bits per heavy atom. The highest BCUT2D eigenvalue weighted by Crippen LogP contribution is 2.37. The van der Waals surface area contributed by atoms with Crippen molar-refractivity contribution in [2.75, 3.05) is 26.2 Å². The van der Waals surface area contributed by atoms with Gasteiger partial charge >= 0.3 is 12.4 Å². The van der Waals surface area contributed by atoms with Crippen LogP contribution < -0.4 is 0 Å². The first kappa shape index (κ1) is 26.7.